The van der Waals surface area contributed by atoms with Gasteiger partial charge in [0, 0.05) is 26.7 Å². The zero-order chi connectivity index (χ0) is 17.8. The average Bonchev–Trinajstić information content (AvgIpc) is 3.25. The second kappa shape index (κ2) is 7.76. The van der Waals surface area contributed by atoms with E-state index in [9.17, 15) is 4.79 Å². The van der Waals surface area contributed by atoms with Gasteiger partial charge in [-0.1, -0.05) is 35.5 Å². The Hall–Kier alpha value is -2.25. The Balaban J connectivity index is 1.88. The normalized spacial score (nSPS) is 21.5. The fraction of sp³-hybridized carbons (Fsp3) is 0.500. The summed E-state index contributed by atoms with van der Waals surface area (Å²) in [6.45, 7) is 4.55. The van der Waals surface area contributed by atoms with Crippen molar-refractivity contribution in [1.82, 2.24) is 15.0 Å². The maximum absolute atomic E-state index is 13.2. The number of likely N-dealkylation sites (tertiary alicyclic amines) is 1. The third kappa shape index (κ3) is 3.72. The molecule has 0 radical (unpaired) electrons. The first-order chi connectivity index (χ1) is 12.1. The van der Waals surface area contributed by atoms with E-state index in [0.717, 1.165) is 5.56 Å². The molecule has 1 fully saturated rings. The molecule has 1 aromatic heterocycles. The second-order valence-corrected chi connectivity index (χ2v) is 6.03. The Morgan fingerprint density at radius 3 is 2.76 bits per heavy atom. The third-order valence-electron chi connectivity index (χ3n) is 4.37. The van der Waals surface area contributed by atoms with Crippen LogP contribution in [-0.2, 0) is 14.3 Å². The number of carbonyl (C=O) groups excluding carboxylic acids is 1. The van der Waals surface area contributed by atoms with Gasteiger partial charge in [-0.05, 0) is 19.4 Å². The van der Waals surface area contributed by atoms with E-state index in [1.54, 1.807) is 18.9 Å². The van der Waals surface area contributed by atoms with Crippen molar-refractivity contribution < 1.29 is 18.8 Å². The summed E-state index contributed by atoms with van der Waals surface area (Å²) in [4.78, 5) is 19.3. The Morgan fingerprint density at radius 2 is 2.16 bits per heavy atom. The van der Waals surface area contributed by atoms with Crippen molar-refractivity contribution in [3.63, 3.8) is 0 Å². The van der Waals surface area contributed by atoms with Gasteiger partial charge in [0.2, 0.25) is 5.89 Å². The smallest absolute Gasteiger partial charge is 0.257 e. The zero-order valence-electron chi connectivity index (χ0n) is 14.7. The number of aryl methyl sites for hydroxylation is 1. The first-order valence-corrected chi connectivity index (χ1v) is 8.44. The molecule has 0 unspecified atom stereocenters. The maximum atomic E-state index is 13.2. The summed E-state index contributed by atoms with van der Waals surface area (Å²) in [5.74, 6) is 0.870. The fourth-order valence-electron chi connectivity index (χ4n) is 3.15. The molecule has 134 valence electrons. The topological polar surface area (TPSA) is 77.7 Å². The van der Waals surface area contributed by atoms with Crippen molar-refractivity contribution >= 4 is 5.91 Å². The molecule has 0 aliphatic carbocycles. The van der Waals surface area contributed by atoms with Crippen LogP contribution in [0.1, 0.15) is 42.8 Å². The Kier molecular flexibility index (Phi) is 5.45. The van der Waals surface area contributed by atoms with Gasteiger partial charge in [0.05, 0.1) is 6.10 Å². The van der Waals surface area contributed by atoms with E-state index in [1.807, 2.05) is 37.3 Å². The summed E-state index contributed by atoms with van der Waals surface area (Å²) in [6.07, 6.45) is -0.107. The molecule has 0 bridgehead atoms. The summed E-state index contributed by atoms with van der Waals surface area (Å²) in [7, 11) is 1.64. The number of ether oxygens (including phenoxy) is 2. The maximum Gasteiger partial charge on any atom is 0.257 e. The number of hydrogen-bond acceptors (Lipinski definition) is 6. The highest BCUT2D eigenvalue weighted by molar-refractivity contribution is 5.83. The Morgan fingerprint density at radius 1 is 1.40 bits per heavy atom. The molecule has 7 heteroatoms. The molecule has 1 saturated heterocycles. The first kappa shape index (κ1) is 17.6. The van der Waals surface area contributed by atoms with Crippen LogP contribution in [-0.4, -0.2) is 47.3 Å². The lowest BCUT2D eigenvalue weighted by atomic mass is 10.1. The predicted octanol–water partition coefficient (Wildman–Crippen LogP) is 2.44. The zero-order valence-corrected chi connectivity index (χ0v) is 14.7. The van der Waals surface area contributed by atoms with E-state index in [-0.39, 0.29) is 18.1 Å². The van der Waals surface area contributed by atoms with Gasteiger partial charge in [0.15, 0.2) is 11.9 Å². The summed E-state index contributed by atoms with van der Waals surface area (Å²) in [5.41, 5.74) is 0.829. The van der Waals surface area contributed by atoms with Crippen molar-refractivity contribution in [3.05, 3.63) is 47.6 Å². The quantitative estimate of drug-likeness (QED) is 0.800. The van der Waals surface area contributed by atoms with Gasteiger partial charge < -0.3 is 18.9 Å². The number of benzene rings is 1. The highest BCUT2D eigenvalue weighted by Crippen LogP contribution is 2.35. The van der Waals surface area contributed by atoms with Crippen molar-refractivity contribution in [2.24, 2.45) is 0 Å². The lowest BCUT2D eigenvalue weighted by molar-refractivity contribution is -0.145. The minimum Gasteiger partial charge on any atom is -0.380 e. The molecule has 0 saturated carbocycles. The number of rotatable bonds is 6. The van der Waals surface area contributed by atoms with Crippen LogP contribution >= 0.6 is 0 Å². The molecule has 1 aliphatic heterocycles. The minimum absolute atomic E-state index is 0.0702. The molecular formula is C18H23N3O4. The van der Waals surface area contributed by atoms with Crippen molar-refractivity contribution in [1.29, 1.82) is 0 Å². The Bertz CT molecular complexity index is 703. The molecule has 25 heavy (non-hydrogen) atoms. The molecule has 7 nitrogen and oxygen atoms in total. The molecule has 1 aromatic carbocycles. The number of nitrogens with zero attached hydrogens (tertiary/aromatic N) is 3. The van der Waals surface area contributed by atoms with E-state index < -0.39 is 6.10 Å². The van der Waals surface area contributed by atoms with Gasteiger partial charge in [-0.2, -0.15) is 4.98 Å². The lowest BCUT2D eigenvalue weighted by Crippen LogP contribution is -2.37. The van der Waals surface area contributed by atoms with Gasteiger partial charge in [0.25, 0.3) is 5.91 Å². The SMILES string of the molecule is CCO[C@H](C(=O)N1C[C@H](OC)C[C@@H]1c1nc(C)no1)c1ccccc1. The van der Waals surface area contributed by atoms with Crippen LogP contribution < -0.4 is 0 Å². The average molecular weight is 345 g/mol. The highest BCUT2D eigenvalue weighted by Gasteiger charge is 2.42. The number of hydrogen-bond donors (Lipinski definition) is 0. The van der Waals surface area contributed by atoms with Crippen molar-refractivity contribution in [2.45, 2.75) is 38.5 Å². The number of amides is 1. The summed E-state index contributed by atoms with van der Waals surface area (Å²) in [6, 6.07) is 9.20. The van der Waals surface area contributed by atoms with Gasteiger partial charge in [-0.3, -0.25) is 4.79 Å². The van der Waals surface area contributed by atoms with Crippen molar-refractivity contribution in [3.8, 4) is 0 Å². The van der Waals surface area contributed by atoms with Crippen LogP contribution in [0.3, 0.4) is 0 Å². The van der Waals surface area contributed by atoms with Crippen LogP contribution in [0.2, 0.25) is 0 Å². The van der Waals surface area contributed by atoms with Crippen molar-refractivity contribution in [2.75, 3.05) is 20.3 Å². The van der Waals surface area contributed by atoms with Crippen LogP contribution in [0.5, 0.6) is 0 Å². The third-order valence-corrected chi connectivity index (χ3v) is 4.37. The van der Waals surface area contributed by atoms with Gasteiger partial charge in [-0.25, -0.2) is 0 Å². The lowest BCUT2D eigenvalue weighted by Gasteiger charge is -2.27. The van der Waals surface area contributed by atoms with Gasteiger partial charge in [-0.15, -0.1) is 0 Å². The van der Waals surface area contributed by atoms with E-state index in [1.165, 1.54) is 0 Å². The highest BCUT2D eigenvalue weighted by atomic mass is 16.5. The Labute approximate surface area is 146 Å². The predicted molar refractivity (Wildman–Crippen MR) is 89.7 cm³/mol. The number of methoxy groups -OCH3 is 1. The number of carbonyl (C=O) groups is 1. The van der Waals surface area contributed by atoms with E-state index in [2.05, 4.69) is 10.1 Å². The minimum atomic E-state index is -0.659. The van der Waals surface area contributed by atoms with Gasteiger partial charge in [0.1, 0.15) is 6.04 Å². The monoisotopic (exact) mass is 345 g/mol. The molecule has 0 spiro atoms. The molecule has 3 rings (SSSR count). The van der Waals surface area contributed by atoms with Crippen LogP contribution in [0.4, 0.5) is 0 Å². The second-order valence-electron chi connectivity index (χ2n) is 6.03. The first-order valence-electron chi connectivity index (χ1n) is 8.44. The number of aromatic nitrogens is 2. The largest absolute Gasteiger partial charge is 0.380 e. The molecule has 0 N–H and O–H groups in total. The van der Waals surface area contributed by atoms with E-state index >= 15 is 0 Å². The molecular weight excluding hydrogens is 322 g/mol. The van der Waals surface area contributed by atoms with E-state index in [0.29, 0.717) is 31.3 Å². The van der Waals surface area contributed by atoms with Gasteiger partial charge >= 0.3 is 0 Å². The molecule has 3 atom stereocenters. The van der Waals surface area contributed by atoms with Crippen LogP contribution in [0, 0.1) is 6.92 Å². The van der Waals surface area contributed by atoms with Crippen LogP contribution in [0.15, 0.2) is 34.9 Å². The summed E-state index contributed by atoms with van der Waals surface area (Å²) >= 11 is 0. The molecule has 2 heterocycles. The van der Waals surface area contributed by atoms with Crippen LogP contribution in [0.25, 0.3) is 0 Å². The standard InChI is InChI=1S/C18H23N3O4/c1-4-24-16(13-8-6-5-7-9-13)18(22)21-11-14(23-3)10-15(21)17-19-12(2)20-25-17/h5-9,14-16H,4,10-11H2,1-3H3/t14-,15-,16+/m1/s1. The summed E-state index contributed by atoms with van der Waals surface area (Å²) < 4.78 is 16.5. The summed E-state index contributed by atoms with van der Waals surface area (Å²) in [5, 5.41) is 3.85. The molecule has 2 aromatic rings. The fourth-order valence-corrected chi connectivity index (χ4v) is 3.15. The molecule has 1 aliphatic rings. The molecule has 1 amide bonds. The van der Waals surface area contributed by atoms with E-state index in [4.69, 9.17) is 14.0 Å².